The number of carbonyl (C=O) groups excluding carboxylic acids is 2. The van der Waals surface area contributed by atoms with E-state index in [4.69, 9.17) is 9.47 Å². The van der Waals surface area contributed by atoms with Gasteiger partial charge in [-0.1, -0.05) is 319 Å². The molecule has 0 fully saturated rings. The summed E-state index contributed by atoms with van der Waals surface area (Å²) in [6.07, 6.45) is 87.0. The number of carbonyl (C=O) groups is 2. The fourth-order valence-electron chi connectivity index (χ4n) is 10.1. The highest BCUT2D eigenvalue weighted by molar-refractivity contribution is 5.70. The zero-order chi connectivity index (χ0) is 53.4. The molecular weight excluding hydrogens is 909 g/mol. The summed E-state index contributed by atoms with van der Waals surface area (Å²) >= 11 is 0. The van der Waals surface area contributed by atoms with Crippen LogP contribution in [0.4, 0.5) is 0 Å². The highest BCUT2D eigenvalue weighted by atomic mass is 16.6. The Labute approximate surface area is 462 Å². The summed E-state index contributed by atoms with van der Waals surface area (Å²) in [5.41, 5.74) is 0. The van der Waals surface area contributed by atoms with Crippen LogP contribution in [-0.2, 0) is 19.1 Å². The van der Waals surface area contributed by atoms with Crippen LogP contribution < -0.4 is 0 Å². The molecule has 5 heteroatoms. The van der Waals surface area contributed by atoms with E-state index in [0.29, 0.717) is 12.8 Å². The Morgan fingerprint density at radius 3 is 0.797 bits per heavy atom. The molecule has 0 heterocycles. The second-order valence-corrected chi connectivity index (χ2v) is 22.5. The predicted octanol–water partition coefficient (Wildman–Crippen LogP) is 22.8. The minimum absolute atomic E-state index is 0.0614. The molecule has 0 saturated carbocycles. The lowest BCUT2D eigenvalue weighted by molar-refractivity contribution is -0.161. The monoisotopic (exact) mass is 1040 g/mol. The SMILES string of the molecule is CCCCCCC/C=C\C/C=C\CCCCCCCCCCCCCCCCCCCCCCCC(=O)OC(CO)COC(=O)CCCCCCCCCCCCCCCCC/C=C\C/C=C\CCCCCCC. The smallest absolute Gasteiger partial charge is 0.306 e. The molecule has 74 heavy (non-hydrogen) atoms. The molecule has 0 aromatic carbocycles. The average molecular weight is 1040 g/mol. The summed E-state index contributed by atoms with van der Waals surface area (Å²) in [6.45, 7) is 4.17. The van der Waals surface area contributed by atoms with Gasteiger partial charge >= 0.3 is 11.9 Å². The van der Waals surface area contributed by atoms with Gasteiger partial charge < -0.3 is 14.6 Å². The Bertz CT molecular complexity index is 1220. The first-order valence-electron chi connectivity index (χ1n) is 33.2. The van der Waals surface area contributed by atoms with Crippen molar-refractivity contribution in [2.45, 2.75) is 367 Å². The molecule has 0 aliphatic carbocycles. The van der Waals surface area contributed by atoms with Crippen molar-refractivity contribution in [2.24, 2.45) is 0 Å². The van der Waals surface area contributed by atoms with Crippen LogP contribution in [0.15, 0.2) is 48.6 Å². The number of hydrogen-bond donors (Lipinski definition) is 1. The Kier molecular flexibility index (Phi) is 63.3. The zero-order valence-corrected chi connectivity index (χ0v) is 49.9. The molecule has 1 N–H and O–H groups in total. The first kappa shape index (κ1) is 71.9. The van der Waals surface area contributed by atoms with E-state index in [0.717, 1.165) is 51.4 Å². The maximum Gasteiger partial charge on any atom is 0.306 e. The van der Waals surface area contributed by atoms with E-state index < -0.39 is 6.10 Å². The molecular formula is C69H128O5. The lowest BCUT2D eigenvalue weighted by Gasteiger charge is -2.15. The van der Waals surface area contributed by atoms with Crippen molar-refractivity contribution in [3.8, 4) is 0 Å². The zero-order valence-electron chi connectivity index (χ0n) is 49.9. The third kappa shape index (κ3) is 62.4. The minimum Gasteiger partial charge on any atom is -0.462 e. The summed E-state index contributed by atoms with van der Waals surface area (Å²) in [7, 11) is 0. The van der Waals surface area contributed by atoms with Crippen LogP contribution >= 0.6 is 0 Å². The van der Waals surface area contributed by atoms with Gasteiger partial charge in [0.1, 0.15) is 6.61 Å². The van der Waals surface area contributed by atoms with Crippen molar-refractivity contribution >= 4 is 11.9 Å². The van der Waals surface area contributed by atoms with E-state index in [1.165, 1.54) is 283 Å². The number of ether oxygens (including phenoxy) is 2. The van der Waals surface area contributed by atoms with Gasteiger partial charge in [-0.2, -0.15) is 0 Å². The van der Waals surface area contributed by atoms with E-state index in [1.54, 1.807) is 0 Å². The van der Waals surface area contributed by atoms with Gasteiger partial charge in [-0.3, -0.25) is 9.59 Å². The molecule has 0 aromatic rings. The first-order chi connectivity index (χ1) is 36.6. The summed E-state index contributed by atoms with van der Waals surface area (Å²) in [5.74, 6) is -0.571. The number of esters is 2. The standard InChI is InChI=1S/C69H128O5/c1-3-5-7-9-11-13-15-17-19-21-23-25-27-29-31-32-33-34-35-36-38-40-42-44-46-48-50-52-54-56-58-60-62-64-69(72)74-67(65-70)66-73-68(71)63-61-59-57-55-53-51-49-47-45-43-41-39-37-30-28-26-24-22-20-18-16-14-12-10-8-6-4-2/h15-18,21-24,67,70H,3-14,19-20,25-66H2,1-2H3/b17-15-,18-16-,23-21-,24-22-. The van der Waals surface area contributed by atoms with Gasteiger partial charge in [0, 0.05) is 12.8 Å². The Morgan fingerprint density at radius 2 is 0.541 bits per heavy atom. The third-order valence-electron chi connectivity index (χ3n) is 15.1. The molecule has 0 bridgehead atoms. The summed E-state index contributed by atoms with van der Waals surface area (Å²) in [4.78, 5) is 24.6. The van der Waals surface area contributed by atoms with Crippen molar-refractivity contribution in [1.29, 1.82) is 0 Å². The first-order valence-corrected chi connectivity index (χ1v) is 33.2. The van der Waals surface area contributed by atoms with Gasteiger partial charge in [-0.15, -0.1) is 0 Å². The minimum atomic E-state index is -0.771. The number of aliphatic hydroxyl groups excluding tert-OH is 1. The van der Waals surface area contributed by atoms with Crippen molar-refractivity contribution in [1.82, 2.24) is 0 Å². The number of unbranched alkanes of at least 4 members (excludes halogenated alkanes) is 46. The van der Waals surface area contributed by atoms with Gasteiger partial charge in [-0.25, -0.2) is 0 Å². The van der Waals surface area contributed by atoms with E-state index >= 15 is 0 Å². The number of allylic oxidation sites excluding steroid dienone is 8. The second-order valence-electron chi connectivity index (χ2n) is 22.5. The van der Waals surface area contributed by atoms with Crippen molar-refractivity contribution in [2.75, 3.05) is 13.2 Å². The highest BCUT2D eigenvalue weighted by Crippen LogP contribution is 2.18. The van der Waals surface area contributed by atoms with Gasteiger partial charge in [0.25, 0.3) is 0 Å². The highest BCUT2D eigenvalue weighted by Gasteiger charge is 2.16. The lowest BCUT2D eigenvalue weighted by Crippen LogP contribution is -2.28. The van der Waals surface area contributed by atoms with Crippen molar-refractivity contribution in [3.63, 3.8) is 0 Å². The average Bonchev–Trinajstić information content (AvgIpc) is 3.40. The normalized spacial score (nSPS) is 12.4. The number of hydrogen-bond acceptors (Lipinski definition) is 5. The Balaban J connectivity index is 3.41. The Hall–Kier alpha value is -2.14. The fraction of sp³-hybridized carbons (Fsp3) is 0.855. The van der Waals surface area contributed by atoms with Crippen LogP contribution in [0.1, 0.15) is 361 Å². The topological polar surface area (TPSA) is 72.8 Å². The van der Waals surface area contributed by atoms with Crippen LogP contribution in [0.2, 0.25) is 0 Å². The van der Waals surface area contributed by atoms with E-state index in [-0.39, 0.29) is 25.2 Å². The molecule has 1 unspecified atom stereocenters. The number of rotatable bonds is 62. The third-order valence-corrected chi connectivity index (χ3v) is 15.1. The van der Waals surface area contributed by atoms with Crippen LogP contribution in [0.3, 0.4) is 0 Å². The van der Waals surface area contributed by atoms with E-state index in [1.807, 2.05) is 0 Å². The molecule has 1 atom stereocenters. The quantitative estimate of drug-likeness (QED) is 0.0373. The molecule has 5 nitrogen and oxygen atoms in total. The van der Waals surface area contributed by atoms with Crippen molar-refractivity contribution < 1.29 is 24.2 Å². The summed E-state index contributed by atoms with van der Waals surface area (Å²) < 4.78 is 10.8. The van der Waals surface area contributed by atoms with Crippen molar-refractivity contribution in [3.05, 3.63) is 48.6 Å². The number of aliphatic hydroxyl groups is 1. The molecule has 0 amide bonds. The largest absolute Gasteiger partial charge is 0.462 e. The second kappa shape index (κ2) is 65.1. The van der Waals surface area contributed by atoms with Crippen LogP contribution in [0, 0.1) is 0 Å². The molecule has 0 aliphatic rings. The van der Waals surface area contributed by atoms with Crippen LogP contribution in [-0.4, -0.2) is 36.4 Å². The molecule has 0 radical (unpaired) electrons. The molecule has 0 rings (SSSR count). The lowest BCUT2D eigenvalue weighted by atomic mass is 10.0. The molecule has 0 spiro atoms. The molecule has 434 valence electrons. The maximum atomic E-state index is 12.4. The van der Waals surface area contributed by atoms with Crippen LogP contribution in [0.5, 0.6) is 0 Å². The van der Waals surface area contributed by atoms with Crippen LogP contribution in [0.25, 0.3) is 0 Å². The van der Waals surface area contributed by atoms with Gasteiger partial charge in [-0.05, 0) is 77.0 Å². The molecule has 0 aliphatic heterocycles. The predicted molar refractivity (Wildman–Crippen MR) is 325 cm³/mol. The van der Waals surface area contributed by atoms with E-state index in [9.17, 15) is 14.7 Å². The summed E-state index contributed by atoms with van der Waals surface area (Å²) in [5, 5.41) is 9.69. The maximum absolute atomic E-state index is 12.4. The van der Waals surface area contributed by atoms with Gasteiger partial charge in [0.15, 0.2) is 6.10 Å². The molecule has 0 aromatic heterocycles. The molecule has 0 saturated heterocycles. The van der Waals surface area contributed by atoms with Gasteiger partial charge in [0.2, 0.25) is 0 Å². The Morgan fingerprint density at radius 1 is 0.311 bits per heavy atom. The van der Waals surface area contributed by atoms with Gasteiger partial charge in [0.05, 0.1) is 6.61 Å². The fourth-order valence-corrected chi connectivity index (χ4v) is 10.1. The summed E-state index contributed by atoms with van der Waals surface area (Å²) in [6, 6.07) is 0. The van der Waals surface area contributed by atoms with E-state index in [2.05, 4.69) is 62.5 Å².